The van der Waals surface area contributed by atoms with E-state index in [1.165, 1.54) is 0 Å². The van der Waals surface area contributed by atoms with Crippen LogP contribution in [0.5, 0.6) is 0 Å². The Bertz CT molecular complexity index is 317. The SMILES string of the molecule is C=C(NCOC)N/C(=N\COC)N/C(C)=N\COC. The van der Waals surface area contributed by atoms with E-state index in [4.69, 9.17) is 14.2 Å². The second-order valence-electron chi connectivity index (χ2n) is 3.42. The fourth-order valence-corrected chi connectivity index (χ4v) is 0.958. The zero-order valence-corrected chi connectivity index (χ0v) is 11.9. The van der Waals surface area contributed by atoms with E-state index in [9.17, 15) is 0 Å². The number of aliphatic imine (C=N–C) groups is 2. The lowest BCUT2D eigenvalue weighted by atomic mass is 10.6. The van der Waals surface area contributed by atoms with Crippen molar-refractivity contribution in [3.8, 4) is 0 Å². The number of nitrogens with one attached hydrogen (secondary N) is 3. The Balaban J connectivity index is 4.42. The quantitative estimate of drug-likeness (QED) is 0.323. The molecule has 0 aromatic heterocycles. The van der Waals surface area contributed by atoms with E-state index in [1.807, 2.05) is 0 Å². The summed E-state index contributed by atoms with van der Waals surface area (Å²) >= 11 is 0. The lowest BCUT2D eigenvalue weighted by Crippen LogP contribution is -2.42. The fraction of sp³-hybridized carbons (Fsp3) is 0.636. The number of hydrogen-bond acceptors (Lipinski definition) is 6. The molecule has 0 radical (unpaired) electrons. The first-order chi connectivity index (χ1) is 9.13. The van der Waals surface area contributed by atoms with Gasteiger partial charge in [-0.3, -0.25) is 0 Å². The van der Waals surface area contributed by atoms with Gasteiger partial charge in [-0.05, 0) is 6.92 Å². The third-order valence-electron chi connectivity index (χ3n) is 1.78. The van der Waals surface area contributed by atoms with Crippen LogP contribution in [0.3, 0.4) is 0 Å². The number of amidine groups is 1. The van der Waals surface area contributed by atoms with Crippen molar-refractivity contribution in [3.63, 3.8) is 0 Å². The molecule has 0 unspecified atom stereocenters. The summed E-state index contributed by atoms with van der Waals surface area (Å²) in [6, 6.07) is 0. The molecule has 0 aromatic carbocycles. The maximum atomic E-state index is 4.89. The maximum absolute atomic E-state index is 4.89. The van der Waals surface area contributed by atoms with Gasteiger partial charge in [-0.25, -0.2) is 9.98 Å². The van der Waals surface area contributed by atoms with Crippen LogP contribution in [-0.4, -0.2) is 53.3 Å². The van der Waals surface area contributed by atoms with E-state index in [-0.39, 0.29) is 13.5 Å². The Kier molecular flexibility index (Phi) is 10.5. The highest BCUT2D eigenvalue weighted by atomic mass is 16.5. The highest BCUT2D eigenvalue weighted by Crippen LogP contribution is 1.83. The van der Waals surface area contributed by atoms with Crippen molar-refractivity contribution in [1.82, 2.24) is 16.0 Å². The number of nitrogens with zero attached hydrogens (tertiary/aromatic N) is 2. The second-order valence-corrected chi connectivity index (χ2v) is 3.42. The molecule has 0 saturated carbocycles. The van der Waals surface area contributed by atoms with Crippen LogP contribution in [0, 0.1) is 0 Å². The smallest absolute Gasteiger partial charge is 0.204 e. The number of guanidine groups is 1. The molecule has 0 fully saturated rings. The summed E-state index contributed by atoms with van der Waals surface area (Å²) in [5, 5.41) is 8.83. The largest absolute Gasteiger partial charge is 0.365 e. The molecule has 0 saturated heterocycles. The predicted octanol–water partition coefficient (Wildman–Crippen LogP) is -0.187. The van der Waals surface area contributed by atoms with Crippen molar-refractivity contribution >= 4 is 11.8 Å². The standard InChI is InChI=1S/C11H23N5O3/c1-9(12-6-17-3)15-11(14-8-19-5)16-10(2)13-7-18-4/h12H,1,6-8H2,2-5H3,(H2,13,14,15,16). The van der Waals surface area contributed by atoms with Crippen molar-refractivity contribution in [2.75, 3.05) is 41.5 Å². The van der Waals surface area contributed by atoms with E-state index in [2.05, 4.69) is 32.5 Å². The lowest BCUT2D eigenvalue weighted by Gasteiger charge is -2.15. The highest BCUT2D eigenvalue weighted by Gasteiger charge is 2.01. The monoisotopic (exact) mass is 273 g/mol. The van der Waals surface area contributed by atoms with Gasteiger partial charge in [0.2, 0.25) is 5.96 Å². The van der Waals surface area contributed by atoms with E-state index >= 15 is 0 Å². The Morgan fingerprint density at radius 2 is 1.63 bits per heavy atom. The van der Waals surface area contributed by atoms with Gasteiger partial charge >= 0.3 is 0 Å². The van der Waals surface area contributed by atoms with Gasteiger partial charge in [-0.2, -0.15) is 0 Å². The normalized spacial score (nSPS) is 12.2. The van der Waals surface area contributed by atoms with Gasteiger partial charge in [0.25, 0.3) is 0 Å². The summed E-state index contributed by atoms with van der Waals surface area (Å²) in [6.45, 7) is 6.42. The van der Waals surface area contributed by atoms with E-state index in [1.54, 1.807) is 28.3 Å². The number of ether oxygens (including phenoxy) is 3. The molecule has 8 nitrogen and oxygen atoms in total. The van der Waals surface area contributed by atoms with Crippen LogP contribution in [0.4, 0.5) is 0 Å². The van der Waals surface area contributed by atoms with Crippen molar-refractivity contribution in [1.29, 1.82) is 0 Å². The van der Waals surface area contributed by atoms with Crippen LogP contribution in [0.2, 0.25) is 0 Å². The van der Waals surface area contributed by atoms with Crippen LogP contribution in [0.1, 0.15) is 6.92 Å². The minimum Gasteiger partial charge on any atom is -0.365 e. The molecule has 0 heterocycles. The minimum atomic E-state index is 0.213. The summed E-state index contributed by atoms with van der Waals surface area (Å²) in [4.78, 5) is 8.25. The van der Waals surface area contributed by atoms with Crippen LogP contribution >= 0.6 is 0 Å². The summed E-state index contributed by atoms with van der Waals surface area (Å²) in [7, 11) is 4.72. The summed E-state index contributed by atoms with van der Waals surface area (Å²) in [6.07, 6.45) is 0. The van der Waals surface area contributed by atoms with Gasteiger partial charge in [0, 0.05) is 21.3 Å². The van der Waals surface area contributed by atoms with E-state index < -0.39 is 0 Å². The van der Waals surface area contributed by atoms with Crippen molar-refractivity contribution in [3.05, 3.63) is 12.4 Å². The van der Waals surface area contributed by atoms with E-state index in [0.29, 0.717) is 24.3 Å². The molecule has 0 aliphatic heterocycles. The third-order valence-corrected chi connectivity index (χ3v) is 1.78. The van der Waals surface area contributed by atoms with Crippen molar-refractivity contribution < 1.29 is 14.2 Å². The molecule has 8 heteroatoms. The Morgan fingerprint density at radius 1 is 1.00 bits per heavy atom. The number of methoxy groups -OCH3 is 3. The van der Waals surface area contributed by atoms with Crippen LogP contribution in [-0.2, 0) is 14.2 Å². The van der Waals surface area contributed by atoms with Crippen LogP contribution in [0.25, 0.3) is 0 Å². The summed E-state index contributed by atoms with van der Waals surface area (Å²) in [5.41, 5.74) is 0. The molecule has 110 valence electrons. The van der Waals surface area contributed by atoms with Gasteiger partial charge in [-0.15, -0.1) is 0 Å². The first-order valence-corrected chi connectivity index (χ1v) is 5.63. The number of hydrogen-bond donors (Lipinski definition) is 3. The predicted molar refractivity (Wildman–Crippen MR) is 74.7 cm³/mol. The van der Waals surface area contributed by atoms with Gasteiger partial charge in [0.05, 0.1) is 5.82 Å². The zero-order chi connectivity index (χ0) is 14.5. The van der Waals surface area contributed by atoms with Gasteiger partial charge < -0.3 is 30.2 Å². The highest BCUT2D eigenvalue weighted by molar-refractivity contribution is 5.99. The molecule has 0 aromatic rings. The number of rotatable bonds is 8. The average molecular weight is 273 g/mol. The Morgan fingerprint density at radius 3 is 2.21 bits per heavy atom. The topological polar surface area (TPSA) is 88.5 Å². The molecule has 3 N–H and O–H groups in total. The van der Waals surface area contributed by atoms with Gasteiger partial charge in [0.15, 0.2) is 0 Å². The molecule has 0 spiro atoms. The van der Waals surface area contributed by atoms with Crippen molar-refractivity contribution in [2.45, 2.75) is 6.92 Å². The zero-order valence-electron chi connectivity index (χ0n) is 11.9. The molecule has 0 rings (SSSR count). The molecule has 19 heavy (non-hydrogen) atoms. The van der Waals surface area contributed by atoms with E-state index in [0.717, 1.165) is 0 Å². The Hall–Kier alpha value is -1.64. The third kappa shape index (κ3) is 10.0. The molecular weight excluding hydrogens is 250 g/mol. The van der Waals surface area contributed by atoms with Crippen LogP contribution < -0.4 is 16.0 Å². The molecule has 0 amide bonds. The molecule has 0 bridgehead atoms. The van der Waals surface area contributed by atoms with Gasteiger partial charge in [0.1, 0.15) is 26.0 Å². The summed E-state index contributed by atoms with van der Waals surface area (Å²) in [5.74, 6) is 1.67. The second kappa shape index (κ2) is 11.5. The molecular formula is C11H23N5O3. The van der Waals surface area contributed by atoms with Crippen LogP contribution in [0.15, 0.2) is 22.4 Å². The first-order valence-electron chi connectivity index (χ1n) is 5.63. The Labute approximate surface area is 113 Å². The lowest BCUT2D eigenvalue weighted by molar-refractivity contribution is 0.183. The molecule has 0 aliphatic carbocycles. The molecule has 0 aliphatic rings. The summed E-state index contributed by atoms with van der Waals surface area (Å²) < 4.78 is 14.6. The maximum Gasteiger partial charge on any atom is 0.204 e. The fourth-order valence-electron chi connectivity index (χ4n) is 0.958. The molecule has 0 atom stereocenters. The van der Waals surface area contributed by atoms with Gasteiger partial charge in [-0.1, -0.05) is 6.58 Å². The van der Waals surface area contributed by atoms with Crippen molar-refractivity contribution in [2.24, 2.45) is 9.98 Å². The minimum absolute atomic E-state index is 0.213. The first kappa shape index (κ1) is 17.4. The average Bonchev–Trinajstić information content (AvgIpc) is 2.40.